The van der Waals surface area contributed by atoms with E-state index in [1.54, 1.807) is 6.08 Å². The number of rotatable bonds is 4. The number of amides is 3. The van der Waals surface area contributed by atoms with Crippen LogP contribution >= 0.6 is 11.8 Å². The van der Waals surface area contributed by atoms with Crippen LogP contribution in [0.5, 0.6) is 0 Å². The Labute approximate surface area is 184 Å². The maximum absolute atomic E-state index is 12.9. The smallest absolute Gasteiger partial charge is 0.294 e. The van der Waals surface area contributed by atoms with E-state index >= 15 is 0 Å². The van der Waals surface area contributed by atoms with Crippen LogP contribution in [0.3, 0.4) is 0 Å². The average Bonchev–Trinajstić information content (AvgIpc) is 3.14. The van der Waals surface area contributed by atoms with Gasteiger partial charge in [0.15, 0.2) is 0 Å². The summed E-state index contributed by atoms with van der Waals surface area (Å²) in [5.74, 6) is -0.846. The minimum absolute atomic E-state index is 0.315. The van der Waals surface area contributed by atoms with Crippen molar-refractivity contribution in [3.05, 3.63) is 69.8 Å². The van der Waals surface area contributed by atoms with Gasteiger partial charge in [0.2, 0.25) is 5.91 Å². The normalized spacial score (nSPS) is 15.4. The van der Waals surface area contributed by atoms with E-state index in [0.29, 0.717) is 10.6 Å². The number of hydrogen-bond acceptors (Lipinski definition) is 4. The molecule has 3 amide bonds. The Morgan fingerprint density at radius 3 is 2.42 bits per heavy atom. The number of benzene rings is 2. The van der Waals surface area contributed by atoms with Gasteiger partial charge in [-0.3, -0.25) is 19.3 Å². The molecule has 1 N–H and O–H groups in total. The van der Waals surface area contributed by atoms with E-state index in [4.69, 9.17) is 0 Å². The van der Waals surface area contributed by atoms with Crippen molar-refractivity contribution in [1.82, 2.24) is 9.47 Å². The minimum Gasteiger partial charge on any atom is -0.347 e. The first-order chi connectivity index (χ1) is 14.8. The number of nitrogens with zero attached hydrogens (tertiary/aromatic N) is 2. The van der Waals surface area contributed by atoms with Crippen molar-refractivity contribution in [3.8, 4) is 0 Å². The summed E-state index contributed by atoms with van der Waals surface area (Å²) in [6.45, 7) is 5.47. The van der Waals surface area contributed by atoms with E-state index < -0.39 is 17.1 Å². The molecule has 1 aromatic heterocycles. The summed E-state index contributed by atoms with van der Waals surface area (Å²) < 4.78 is 2.06. The summed E-state index contributed by atoms with van der Waals surface area (Å²) in [5.41, 5.74) is 5.52. The molecule has 1 aliphatic heterocycles. The Morgan fingerprint density at radius 1 is 1.03 bits per heavy atom. The second kappa shape index (κ2) is 8.07. The molecule has 0 radical (unpaired) electrons. The molecule has 1 fully saturated rings. The maximum Gasteiger partial charge on any atom is 0.294 e. The lowest BCUT2D eigenvalue weighted by atomic mass is 10.1. The molecule has 0 bridgehead atoms. The molecular formula is C24H23N3O3S. The number of aryl methyl sites for hydroxylation is 3. The van der Waals surface area contributed by atoms with Gasteiger partial charge < -0.3 is 9.88 Å². The van der Waals surface area contributed by atoms with Crippen molar-refractivity contribution >= 4 is 51.5 Å². The first-order valence-corrected chi connectivity index (χ1v) is 10.7. The molecule has 31 heavy (non-hydrogen) atoms. The molecule has 6 nitrogen and oxygen atoms in total. The van der Waals surface area contributed by atoms with Crippen molar-refractivity contribution in [1.29, 1.82) is 0 Å². The number of nitrogens with one attached hydrogen (secondary N) is 1. The highest BCUT2D eigenvalue weighted by Gasteiger charge is 2.36. The number of imide groups is 1. The molecular weight excluding hydrogens is 410 g/mol. The molecule has 158 valence electrons. The topological polar surface area (TPSA) is 71.4 Å². The van der Waals surface area contributed by atoms with E-state index in [-0.39, 0.29) is 6.54 Å². The number of aromatic nitrogens is 1. The highest BCUT2D eigenvalue weighted by Crippen LogP contribution is 2.35. The number of anilines is 1. The molecule has 0 aliphatic carbocycles. The summed E-state index contributed by atoms with van der Waals surface area (Å²) in [7, 11) is 1.97. The van der Waals surface area contributed by atoms with Gasteiger partial charge >= 0.3 is 0 Å². The van der Waals surface area contributed by atoms with Gasteiger partial charge in [-0.15, -0.1) is 0 Å². The van der Waals surface area contributed by atoms with Crippen LogP contribution in [0, 0.1) is 20.8 Å². The number of carbonyl (C=O) groups excluding carboxylic acids is 3. The third-order valence-electron chi connectivity index (χ3n) is 5.64. The predicted octanol–water partition coefficient (Wildman–Crippen LogP) is 4.78. The Hall–Kier alpha value is -3.32. The van der Waals surface area contributed by atoms with Gasteiger partial charge in [-0.1, -0.05) is 36.4 Å². The zero-order valence-electron chi connectivity index (χ0n) is 17.9. The summed E-state index contributed by atoms with van der Waals surface area (Å²) >= 11 is 0.867. The van der Waals surface area contributed by atoms with Crippen molar-refractivity contribution in [2.24, 2.45) is 7.05 Å². The van der Waals surface area contributed by atoms with Crippen LogP contribution in [0.2, 0.25) is 0 Å². The summed E-state index contributed by atoms with van der Waals surface area (Å²) in [6.07, 6.45) is 1.76. The van der Waals surface area contributed by atoms with Crippen LogP contribution in [0.4, 0.5) is 10.5 Å². The molecule has 7 heteroatoms. The standard InChI is InChI=1S/C24H23N3O3S/c1-14-8-7-9-15(2)22(14)25-21(28)13-27-23(29)20(31-24(27)30)12-18-16(3)26(4)19-11-6-5-10-17(18)19/h5-12H,13H2,1-4H3,(H,25,28)/b20-12-. The monoisotopic (exact) mass is 433 g/mol. The quantitative estimate of drug-likeness (QED) is 0.601. The van der Waals surface area contributed by atoms with E-state index in [1.165, 1.54) is 0 Å². The first kappa shape index (κ1) is 20.9. The van der Waals surface area contributed by atoms with Crippen LogP contribution in [0.15, 0.2) is 47.4 Å². The van der Waals surface area contributed by atoms with E-state index in [2.05, 4.69) is 9.88 Å². The second-order valence-electron chi connectivity index (χ2n) is 7.66. The van der Waals surface area contributed by atoms with E-state index in [9.17, 15) is 14.4 Å². The number of hydrogen-bond donors (Lipinski definition) is 1. The maximum atomic E-state index is 12.9. The Balaban J connectivity index is 1.57. The molecule has 4 rings (SSSR count). The summed E-state index contributed by atoms with van der Waals surface area (Å²) in [6, 6.07) is 13.6. The van der Waals surface area contributed by atoms with E-state index in [1.807, 2.05) is 70.3 Å². The van der Waals surface area contributed by atoms with E-state index in [0.717, 1.165) is 49.9 Å². The van der Waals surface area contributed by atoms with Crippen molar-refractivity contribution in [2.45, 2.75) is 20.8 Å². The van der Waals surface area contributed by atoms with Crippen molar-refractivity contribution < 1.29 is 14.4 Å². The lowest BCUT2D eigenvalue weighted by Crippen LogP contribution is -2.36. The lowest BCUT2D eigenvalue weighted by Gasteiger charge is -2.15. The number of para-hydroxylation sites is 2. The van der Waals surface area contributed by atoms with Gasteiger partial charge in [0, 0.05) is 34.9 Å². The fraction of sp³-hybridized carbons (Fsp3) is 0.208. The second-order valence-corrected chi connectivity index (χ2v) is 8.65. The van der Waals surface area contributed by atoms with Crippen LogP contribution in [-0.4, -0.2) is 33.1 Å². The van der Waals surface area contributed by atoms with Crippen LogP contribution in [0.25, 0.3) is 17.0 Å². The minimum atomic E-state index is -0.445. The molecule has 2 aromatic carbocycles. The van der Waals surface area contributed by atoms with Crippen molar-refractivity contribution in [3.63, 3.8) is 0 Å². The largest absolute Gasteiger partial charge is 0.347 e. The molecule has 2 heterocycles. The molecule has 0 spiro atoms. The summed E-state index contributed by atoms with van der Waals surface area (Å²) in [4.78, 5) is 39.3. The summed E-state index contributed by atoms with van der Waals surface area (Å²) in [5, 5.41) is 3.41. The Bertz CT molecular complexity index is 1250. The molecule has 1 aliphatic rings. The molecule has 1 saturated heterocycles. The van der Waals surface area contributed by atoms with Crippen LogP contribution in [-0.2, 0) is 16.6 Å². The van der Waals surface area contributed by atoms with Gasteiger partial charge in [-0.25, -0.2) is 0 Å². The lowest BCUT2D eigenvalue weighted by molar-refractivity contribution is -0.127. The molecule has 3 aromatic rings. The first-order valence-electron chi connectivity index (χ1n) is 9.93. The fourth-order valence-electron chi connectivity index (χ4n) is 3.83. The van der Waals surface area contributed by atoms with Crippen molar-refractivity contribution in [2.75, 3.05) is 11.9 Å². The highest BCUT2D eigenvalue weighted by molar-refractivity contribution is 8.18. The molecule has 0 unspecified atom stereocenters. The van der Waals surface area contributed by atoms with Gasteiger partial charge in [-0.05, 0) is 55.8 Å². The third kappa shape index (κ3) is 3.77. The predicted molar refractivity (Wildman–Crippen MR) is 125 cm³/mol. The zero-order chi connectivity index (χ0) is 22.3. The van der Waals surface area contributed by atoms with Crippen LogP contribution < -0.4 is 5.32 Å². The SMILES string of the molecule is Cc1cccc(C)c1NC(=O)CN1C(=O)S/C(=C\c2c(C)n(C)c3ccccc23)C1=O. The molecule has 0 atom stereocenters. The molecule has 0 saturated carbocycles. The highest BCUT2D eigenvalue weighted by atomic mass is 32.2. The Kier molecular flexibility index (Phi) is 5.45. The third-order valence-corrected chi connectivity index (χ3v) is 6.55. The Morgan fingerprint density at radius 2 is 1.71 bits per heavy atom. The zero-order valence-corrected chi connectivity index (χ0v) is 18.7. The van der Waals surface area contributed by atoms with Crippen LogP contribution in [0.1, 0.15) is 22.4 Å². The number of carbonyl (C=O) groups is 3. The van der Waals surface area contributed by atoms with Gasteiger partial charge in [0.25, 0.3) is 11.1 Å². The van der Waals surface area contributed by atoms with Gasteiger partial charge in [0.05, 0.1) is 4.91 Å². The number of fused-ring (bicyclic) bond motifs is 1. The van der Waals surface area contributed by atoms with Gasteiger partial charge in [-0.2, -0.15) is 0 Å². The van der Waals surface area contributed by atoms with Gasteiger partial charge in [0.1, 0.15) is 6.54 Å². The average molecular weight is 434 g/mol. The fourth-order valence-corrected chi connectivity index (χ4v) is 4.65. The number of thioether (sulfide) groups is 1.